The van der Waals surface area contributed by atoms with Gasteiger partial charge in [0.1, 0.15) is 11.5 Å². The van der Waals surface area contributed by atoms with E-state index in [4.69, 9.17) is 0 Å². The zero-order chi connectivity index (χ0) is 14.7. The Labute approximate surface area is 121 Å². The normalized spacial score (nSPS) is 22.4. The number of amides is 1. The first-order valence-corrected chi connectivity index (χ1v) is 7.59. The standard InChI is InChI=1S/C16H25N3O/c1-5-13-10-9-12(4)19(13)16(20)14-7-6-8-15(18-14)17-11(2)3/h6-8,11-13H,5,9-10H2,1-4H3,(H,17,18). The summed E-state index contributed by atoms with van der Waals surface area (Å²) < 4.78 is 0. The fraction of sp³-hybridized carbons (Fsp3) is 0.625. The molecule has 1 amide bonds. The number of anilines is 1. The van der Waals surface area contributed by atoms with Crippen LogP contribution in [-0.2, 0) is 0 Å². The number of aromatic nitrogens is 1. The molecule has 1 aromatic rings. The molecule has 2 atom stereocenters. The van der Waals surface area contributed by atoms with Crippen molar-refractivity contribution in [3.63, 3.8) is 0 Å². The average Bonchev–Trinajstić information content (AvgIpc) is 2.78. The summed E-state index contributed by atoms with van der Waals surface area (Å²) in [7, 11) is 0. The summed E-state index contributed by atoms with van der Waals surface area (Å²) >= 11 is 0. The highest BCUT2D eigenvalue weighted by Gasteiger charge is 2.34. The van der Waals surface area contributed by atoms with E-state index in [1.54, 1.807) is 0 Å². The molecule has 0 radical (unpaired) electrons. The lowest BCUT2D eigenvalue weighted by Gasteiger charge is -2.27. The smallest absolute Gasteiger partial charge is 0.273 e. The van der Waals surface area contributed by atoms with Gasteiger partial charge in [-0.15, -0.1) is 0 Å². The van der Waals surface area contributed by atoms with Crippen molar-refractivity contribution in [3.8, 4) is 0 Å². The Bertz CT molecular complexity index is 473. The molecule has 20 heavy (non-hydrogen) atoms. The minimum atomic E-state index is 0.0641. The Kier molecular flexibility index (Phi) is 4.63. The first-order valence-electron chi connectivity index (χ1n) is 7.59. The predicted molar refractivity (Wildman–Crippen MR) is 81.9 cm³/mol. The summed E-state index contributed by atoms with van der Waals surface area (Å²) in [6, 6.07) is 6.60. The number of nitrogens with zero attached hydrogens (tertiary/aromatic N) is 2. The third kappa shape index (κ3) is 3.11. The molecule has 1 aliphatic rings. The van der Waals surface area contributed by atoms with E-state index in [2.05, 4.69) is 38.0 Å². The second kappa shape index (κ2) is 6.25. The molecule has 2 heterocycles. The fourth-order valence-corrected chi connectivity index (χ4v) is 2.90. The van der Waals surface area contributed by atoms with Gasteiger partial charge in [-0.1, -0.05) is 13.0 Å². The van der Waals surface area contributed by atoms with Gasteiger partial charge in [0, 0.05) is 18.1 Å². The van der Waals surface area contributed by atoms with Crippen LogP contribution in [0.15, 0.2) is 18.2 Å². The van der Waals surface area contributed by atoms with Gasteiger partial charge < -0.3 is 10.2 Å². The number of nitrogens with one attached hydrogen (secondary N) is 1. The lowest BCUT2D eigenvalue weighted by atomic mass is 10.1. The first kappa shape index (κ1) is 14.8. The number of rotatable bonds is 4. The molecule has 110 valence electrons. The maximum Gasteiger partial charge on any atom is 0.273 e. The Hall–Kier alpha value is -1.58. The van der Waals surface area contributed by atoms with Gasteiger partial charge in [-0.05, 0) is 52.2 Å². The van der Waals surface area contributed by atoms with E-state index in [0.29, 0.717) is 23.8 Å². The van der Waals surface area contributed by atoms with Crippen LogP contribution in [0.1, 0.15) is 57.4 Å². The van der Waals surface area contributed by atoms with E-state index < -0.39 is 0 Å². The van der Waals surface area contributed by atoms with Crippen LogP contribution in [0.25, 0.3) is 0 Å². The number of hydrogen-bond acceptors (Lipinski definition) is 3. The summed E-state index contributed by atoms with van der Waals surface area (Å²) in [5.74, 6) is 0.833. The summed E-state index contributed by atoms with van der Waals surface area (Å²) in [5.41, 5.74) is 0.544. The Morgan fingerprint density at radius 3 is 2.85 bits per heavy atom. The number of pyridine rings is 1. The van der Waals surface area contributed by atoms with Crippen LogP contribution < -0.4 is 5.32 Å². The van der Waals surface area contributed by atoms with E-state index in [-0.39, 0.29) is 5.91 Å². The number of carbonyl (C=O) groups is 1. The maximum absolute atomic E-state index is 12.7. The van der Waals surface area contributed by atoms with Gasteiger partial charge >= 0.3 is 0 Å². The average molecular weight is 275 g/mol. The fourth-order valence-electron chi connectivity index (χ4n) is 2.90. The van der Waals surface area contributed by atoms with Crippen LogP contribution >= 0.6 is 0 Å². The minimum Gasteiger partial charge on any atom is -0.368 e. The molecule has 0 spiro atoms. The summed E-state index contributed by atoms with van der Waals surface area (Å²) in [6.07, 6.45) is 3.21. The number of likely N-dealkylation sites (tertiary alicyclic amines) is 1. The monoisotopic (exact) mass is 275 g/mol. The molecule has 0 aromatic carbocycles. The van der Waals surface area contributed by atoms with E-state index in [1.807, 2.05) is 23.1 Å². The lowest BCUT2D eigenvalue weighted by molar-refractivity contribution is 0.0670. The molecular weight excluding hydrogens is 250 g/mol. The van der Waals surface area contributed by atoms with E-state index in [0.717, 1.165) is 25.1 Å². The molecule has 0 aliphatic carbocycles. The zero-order valence-electron chi connectivity index (χ0n) is 12.9. The zero-order valence-corrected chi connectivity index (χ0v) is 12.9. The summed E-state index contributed by atoms with van der Waals surface area (Å²) in [6.45, 7) is 8.40. The van der Waals surface area contributed by atoms with Gasteiger partial charge in [-0.3, -0.25) is 4.79 Å². The topological polar surface area (TPSA) is 45.2 Å². The van der Waals surface area contributed by atoms with Gasteiger partial charge in [0.2, 0.25) is 0 Å². The van der Waals surface area contributed by atoms with E-state index in [1.165, 1.54) is 0 Å². The third-order valence-electron chi connectivity index (χ3n) is 3.90. The van der Waals surface area contributed by atoms with Gasteiger partial charge in [0.05, 0.1) is 0 Å². The number of carbonyl (C=O) groups excluding carboxylic acids is 1. The largest absolute Gasteiger partial charge is 0.368 e. The van der Waals surface area contributed by atoms with Gasteiger partial charge in [0.15, 0.2) is 0 Å². The molecule has 2 rings (SSSR count). The number of hydrogen-bond donors (Lipinski definition) is 1. The van der Waals surface area contributed by atoms with Crippen molar-refractivity contribution >= 4 is 11.7 Å². The molecule has 4 heteroatoms. The van der Waals surface area contributed by atoms with Crippen molar-refractivity contribution in [2.75, 3.05) is 5.32 Å². The van der Waals surface area contributed by atoms with Crippen LogP contribution in [0.3, 0.4) is 0 Å². The Balaban J connectivity index is 2.20. The second-order valence-electron chi connectivity index (χ2n) is 5.91. The third-order valence-corrected chi connectivity index (χ3v) is 3.90. The molecule has 1 aromatic heterocycles. The molecule has 4 nitrogen and oxygen atoms in total. The Morgan fingerprint density at radius 1 is 1.45 bits per heavy atom. The van der Waals surface area contributed by atoms with Gasteiger partial charge in [-0.25, -0.2) is 4.98 Å². The minimum absolute atomic E-state index is 0.0641. The summed E-state index contributed by atoms with van der Waals surface area (Å²) in [5, 5.41) is 3.25. The van der Waals surface area contributed by atoms with E-state index >= 15 is 0 Å². The van der Waals surface area contributed by atoms with Crippen LogP contribution in [0, 0.1) is 0 Å². The highest BCUT2D eigenvalue weighted by atomic mass is 16.2. The van der Waals surface area contributed by atoms with Gasteiger partial charge in [-0.2, -0.15) is 0 Å². The second-order valence-corrected chi connectivity index (χ2v) is 5.91. The molecule has 1 aliphatic heterocycles. The van der Waals surface area contributed by atoms with Crippen molar-refractivity contribution in [3.05, 3.63) is 23.9 Å². The predicted octanol–water partition coefficient (Wildman–Crippen LogP) is 3.31. The molecule has 0 saturated carbocycles. The molecule has 1 saturated heterocycles. The highest BCUT2D eigenvalue weighted by Crippen LogP contribution is 2.27. The summed E-state index contributed by atoms with van der Waals surface area (Å²) in [4.78, 5) is 19.2. The highest BCUT2D eigenvalue weighted by molar-refractivity contribution is 5.93. The lowest BCUT2D eigenvalue weighted by Crippen LogP contribution is -2.40. The van der Waals surface area contributed by atoms with Crippen molar-refractivity contribution in [1.29, 1.82) is 0 Å². The first-order chi connectivity index (χ1) is 9.52. The molecular formula is C16H25N3O. The van der Waals surface area contributed by atoms with Crippen molar-refractivity contribution < 1.29 is 4.79 Å². The van der Waals surface area contributed by atoms with Crippen LogP contribution in [-0.4, -0.2) is 33.9 Å². The van der Waals surface area contributed by atoms with Crippen molar-refractivity contribution in [2.45, 2.75) is 65.1 Å². The van der Waals surface area contributed by atoms with Crippen LogP contribution in [0.5, 0.6) is 0 Å². The van der Waals surface area contributed by atoms with Crippen LogP contribution in [0.4, 0.5) is 5.82 Å². The molecule has 0 bridgehead atoms. The Morgan fingerprint density at radius 2 is 2.20 bits per heavy atom. The van der Waals surface area contributed by atoms with E-state index in [9.17, 15) is 4.79 Å². The van der Waals surface area contributed by atoms with Crippen molar-refractivity contribution in [1.82, 2.24) is 9.88 Å². The SMILES string of the molecule is CCC1CCC(C)N1C(=O)c1cccc(NC(C)C)n1. The maximum atomic E-state index is 12.7. The van der Waals surface area contributed by atoms with Crippen molar-refractivity contribution in [2.24, 2.45) is 0 Å². The quantitative estimate of drug-likeness (QED) is 0.917. The molecule has 1 fully saturated rings. The molecule has 1 N–H and O–H groups in total. The molecule has 2 unspecified atom stereocenters. The van der Waals surface area contributed by atoms with Crippen LogP contribution in [0.2, 0.25) is 0 Å². The van der Waals surface area contributed by atoms with Gasteiger partial charge in [0.25, 0.3) is 5.91 Å².